The Bertz CT molecular complexity index is 472. The van der Waals surface area contributed by atoms with Gasteiger partial charge in [0.2, 0.25) is 5.91 Å². The van der Waals surface area contributed by atoms with Crippen molar-refractivity contribution in [2.24, 2.45) is 5.73 Å². The lowest BCUT2D eigenvalue weighted by Gasteiger charge is -2.21. The minimum Gasteiger partial charge on any atom is -0.317 e. The van der Waals surface area contributed by atoms with Gasteiger partial charge < -0.3 is 10.6 Å². The van der Waals surface area contributed by atoms with Crippen LogP contribution in [0, 0.1) is 0 Å². The molecule has 2 N–H and O–H groups in total. The molecule has 17 heavy (non-hydrogen) atoms. The van der Waals surface area contributed by atoms with Gasteiger partial charge in [-0.25, -0.2) is 0 Å². The van der Waals surface area contributed by atoms with E-state index in [1.807, 2.05) is 18.2 Å². The molecule has 0 saturated heterocycles. The minimum absolute atomic E-state index is 0. The fourth-order valence-corrected chi connectivity index (χ4v) is 2.35. The van der Waals surface area contributed by atoms with E-state index in [0.29, 0.717) is 5.02 Å². The zero-order valence-corrected chi connectivity index (χ0v) is 10.9. The molecule has 2 aliphatic rings. The van der Waals surface area contributed by atoms with Crippen LogP contribution in [-0.4, -0.2) is 18.0 Å². The number of carbonyl (C=O) groups is 1. The van der Waals surface area contributed by atoms with Gasteiger partial charge in [0.25, 0.3) is 0 Å². The Morgan fingerprint density at radius 2 is 2.12 bits per heavy atom. The normalized spacial score (nSPS) is 19.5. The molecule has 1 aliphatic carbocycles. The lowest BCUT2D eigenvalue weighted by molar-refractivity contribution is -0.120. The lowest BCUT2D eigenvalue weighted by atomic mass is 10.1. The van der Waals surface area contributed by atoms with Crippen LogP contribution in [0.5, 0.6) is 0 Å². The van der Waals surface area contributed by atoms with Crippen molar-refractivity contribution in [3.63, 3.8) is 0 Å². The van der Waals surface area contributed by atoms with Gasteiger partial charge in [0.15, 0.2) is 0 Å². The average molecular weight is 273 g/mol. The van der Waals surface area contributed by atoms with E-state index >= 15 is 0 Å². The quantitative estimate of drug-likeness (QED) is 0.852. The van der Waals surface area contributed by atoms with Gasteiger partial charge >= 0.3 is 0 Å². The zero-order valence-electron chi connectivity index (χ0n) is 9.28. The summed E-state index contributed by atoms with van der Waals surface area (Å²) in [4.78, 5) is 13.9. The maximum Gasteiger partial charge on any atom is 0.247 e. The van der Waals surface area contributed by atoms with E-state index in [1.54, 1.807) is 4.90 Å². The number of nitrogens with two attached hydrogens (primary N) is 1. The second kappa shape index (κ2) is 4.16. The Hall–Kier alpha value is -0.770. The largest absolute Gasteiger partial charge is 0.317 e. The second-order valence-electron chi connectivity index (χ2n) is 4.64. The molecule has 0 aromatic heterocycles. The van der Waals surface area contributed by atoms with Crippen LogP contribution in [0.1, 0.15) is 18.4 Å². The number of fused-ring (bicyclic) bond motifs is 1. The molecular formula is C12H14Cl2N2O. The zero-order chi connectivity index (χ0) is 11.3. The smallest absolute Gasteiger partial charge is 0.247 e. The molecule has 1 aromatic rings. The highest BCUT2D eigenvalue weighted by Crippen LogP contribution is 2.39. The maximum atomic E-state index is 12.2. The van der Waals surface area contributed by atoms with Crippen LogP contribution in [-0.2, 0) is 11.2 Å². The molecule has 1 aromatic carbocycles. The third kappa shape index (κ3) is 2.03. The third-order valence-electron chi connectivity index (χ3n) is 3.40. The van der Waals surface area contributed by atoms with Gasteiger partial charge in [-0.3, -0.25) is 4.79 Å². The molecule has 0 unspecified atom stereocenters. The monoisotopic (exact) mass is 272 g/mol. The summed E-state index contributed by atoms with van der Waals surface area (Å²) in [6.07, 6.45) is 2.50. The molecule has 92 valence electrons. The summed E-state index contributed by atoms with van der Waals surface area (Å²) in [5.74, 6) is 0.0496. The van der Waals surface area contributed by atoms with Crippen LogP contribution in [0.25, 0.3) is 0 Å². The predicted molar refractivity (Wildman–Crippen MR) is 70.9 cm³/mol. The molecule has 1 heterocycles. The first-order valence-corrected chi connectivity index (χ1v) is 5.87. The Balaban J connectivity index is 0.00000108. The number of nitrogens with zero attached hydrogens (tertiary/aromatic N) is 1. The van der Waals surface area contributed by atoms with E-state index in [4.69, 9.17) is 17.3 Å². The molecule has 3 rings (SSSR count). The Kier molecular flexibility index (Phi) is 3.10. The van der Waals surface area contributed by atoms with Crippen LogP contribution < -0.4 is 10.6 Å². The molecule has 1 fully saturated rings. The number of anilines is 1. The number of carbonyl (C=O) groups excluding carboxylic acids is 1. The second-order valence-corrected chi connectivity index (χ2v) is 5.07. The summed E-state index contributed by atoms with van der Waals surface area (Å²) >= 11 is 5.95. The van der Waals surface area contributed by atoms with Crippen molar-refractivity contribution in [1.29, 1.82) is 0 Å². The summed E-state index contributed by atoms with van der Waals surface area (Å²) in [6, 6.07) is 5.71. The van der Waals surface area contributed by atoms with Gasteiger partial charge in [-0.2, -0.15) is 0 Å². The lowest BCUT2D eigenvalue weighted by Crippen LogP contribution is -2.45. The maximum absolute atomic E-state index is 12.2. The fraction of sp³-hybridized carbons (Fsp3) is 0.417. The topological polar surface area (TPSA) is 46.3 Å². The van der Waals surface area contributed by atoms with E-state index in [0.717, 1.165) is 31.5 Å². The van der Waals surface area contributed by atoms with Gasteiger partial charge in [0.1, 0.15) is 0 Å². The molecule has 0 radical (unpaired) electrons. The van der Waals surface area contributed by atoms with Crippen molar-refractivity contribution in [2.75, 3.05) is 11.4 Å². The van der Waals surface area contributed by atoms with Crippen molar-refractivity contribution < 1.29 is 4.79 Å². The first-order valence-electron chi connectivity index (χ1n) is 5.49. The molecule has 0 atom stereocenters. The number of hydrogen-bond donors (Lipinski definition) is 1. The molecule has 0 bridgehead atoms. The highest BCUT2D eigenvalue weighted by Gasteiger charge is 2.49. The number of halogens is 2. The first kappa shape index (κ1) is 12.7. The number of benzene rings is 1. The molecule has 1 aliphatic heterocycles. The highest BCUT2D eigenvalue weighted by molar-refractivity contribution is 6.31. The van der Waals surface area contributed by atoms with Crippen molar-refractivity contribution in [2.45, 2.75) is 24.8 Å². The van der Waals surface area contributed by atoms with E-state index in [1.165, 1.54) is 5.56 Å². The van der Waals surface area contributed by atoms with Gasteiger partial charge in [-0.1, -0.05) is 17.7 Å². The van der Waals surface area contributed by atoms with Crippen molar-refractivity contribution in [3.05, 3.63) is 28.8 Å². The Labute approximate surface area is 111 Å². The highest BCUT2D eigenvalue weighted by atomic mass is 35.5. The summed E-state index contributed by atoms with van der Waals surface area (Å²) in [5, 5.41) is 0.667. The summed E-state index contributed by atoms with van der Waals surface area (Å²) < 4.78 is 0. The van der Waals surface area contributed by atoms with Crippen LogP contribution in [0.15, 0.2) is 18.2 Å². The van der Waals surface area contributed by atoms with Crippen molar-refractivity contribution >= 4 is 35.6 Å². The van der Waals surface area contributed by atoms with Crippen LogP contribution >= 0.6 is 24.0 Å². The van der Waals surface area contributed by atoms with Crippen molar-refractivity contribution in [3.8, 4) is 0 Å². The van der Waals surface area contributed by atoms with E-state index in [2.05, 4.69) is 0 Å². The first-order chi connectivity index (χ1) is 7.60. The van der Waals surface area contributed by atoms with Gasteiger partial charge in [0.05, 0.1) is 5.54 Å². The Morgan fingerprint density at radius 1 is 1.41 bits per heavy atom. The van der Waals surface area contributed by atoms with Gasteiger partial charge in [-0.15, -0.1) is 12.4 Å². The summed E-state index contributed by atoms with van der Waals surface area (Å²) in [6.45, 7) is 0.730. The molecule has 1 saturated carbocycles. The average Bonchev–Trinajstić information content (AvgIpc) is 2.89. The van der Waals surface area contributed by atoms with Crippen molar-refractivity contribution in [1.82, 2.24) is 0 Å². The van der Waals surface area contributed by atoms with Crippen LogP contribution in [0.2, 0.25) is 5.02 Å². The number of amides is 1. The molecule has 0 spiro atoms. The molecule has 1 amide bonds. The van der Waals surface area contributed by atoms with Gasteiger partial charge in [-0.05, 0) is 37.0 Å². The SMILES string of the molecule is Cl.NC1(C(=O)N2CCc3ccc(Cl)cc32)CC1. The third-order valence-corrected chi connectivity index (χ3v) is 3.64. The van der Waals surface area contributed by atoms with Crippen LogP contribution in [0.4, 0.5) is 5.69 Å². The summed E-state index contributed by atoms with van der Waals surface area (Å²) in [7, 11) is 0. The Morgan fingerprint density at radius 3 is 2.76 bits per heavy atom. The van der Waals surface area contributed by atoms with E-state index < -0.39 is 5.54 Å². The minimum atomic E-state index is -0.593. The fourth-order valence-electron chi connectivity index (χ4n) is 2.18. The van der Waals surface area contributed by atoms with E-state index in [-0.39, 0.29) is 18.3 Å². The molecular weight excluding hydrogens is 259 g/mol. The number of hydrogen-bond acceptors (Lipinski definition) is 2. The predicted octanol–water partition coefficient (Wildman–Crippen LogP) is 2.14. The standard InChI is InChI=1S/C12H13ClN2O.ClH/c13-9-2-1-8-3-6-15(10(8)7-9)11(16)12(14)4-5-12;/h1-2,7H,3-6,14H2;1H. The molecule has 5 heteroatoms. The van der Waals surface area contributed by atoms with Gasteiger partial charge in [0, 0.05) is 17.3 Å². The number of rotatable bonds is 1. The molecule has 3 nitrogen and oxygen atoms in total. The summed E-state index contributed by atoms with van der Waals surface area (Å²) in [5.41, 5.74) is 7.47. The van der Waals surface area contributed by atoms with Crippen LogP contribution in [0.3, 0.4) is 0 Å². The van der Waals surface area contributed by atoms with E-state index in [9.17, 15) is 4.79 Å².